The van der Waals surface area contributed by atoms with Crippen LogP contribution >= 0.6 is 15.9 Å². The molecule has 0 heterocycles. The van der Waals surface area contributed by atoms with E-state index in [1.54, 1.807) is 0 Å². The Kier molecular flexibility index (Phi) is 4.59. The molecule has 12 heavy (non-hydrogen) atoms. The Hall–Kier alpha value is -0.260. The van der Waals surface area contributed by atoms with Crippen LogP contribution in [0, 0.1) is 0 Å². The number of amides is 1. The van der Waals surface area contributed by atoms with Crippen molar-refractivity contribution in [3.8, 4) is 0 Å². The van der Waals surface area contributed by atoms with Crippen LogP contribution in [0.5, 0.6) is 0 Å². The molecule has 0 saturated heterocycles. The lowest BCUT2D eigenvalue weighted by atomic mass is 10.4. The van der Waals surface area contributed by atoms with E-state index in [1.807, 2.05) is 0 Å². The van der Waals surface area contributed by atoms with Crippen molar-refractivity contribution in [3.05, 3.63) is 0 Å². The molecule has 0 bridgehead atoms. The number of hydrogen-bond donors (Lipinski definition) is 0. The second-order valence-electron chi connectivity index (χ2n) is 2.30. The SMILES string of the molecule is CN(CC(F)(F)F)C(=O)CCBr. The van der Waals surface area contributed by atoms with Gasteiger partial charge in [0.2, 0.25) is 5.91 Å². The first-order chi connectivity index (χ1) is 5.37. The normalized spacial score (nSPS) is 11.4. The summed E-state index contributed by atoms with van der Waals surface area (Å²) in [5.74, 6) is -0.510. The second-order valence-corrected chi connectivity index (χ2v) is 3.10. The van der Waals surface area contributed by atoms with Gasteiger partial charge in [-0.1, -0.05) is 15.9 Å². The Morgan fingerprint density at radius 2 is 2.00 bits per heavy atom. The first-order valence-corrected chi connectivity index (χ1v) is 4.35. The molecule has 0 aromatic carbocycles. The molecule has 0 saturated carbocycles. The Labute approximate surface area is 76.8 Å². The number of hydrogen-bond acceptors (Lipinski definition) is 1. The summed E-state index contributed by atoms with van der Waals surface area (Å²) in [4.78, 5) is 11.5. The Morgan fingerprint density at radius 1 is 1.50 bits per heavy atom. The van der Waals surface area contributed by atoms with Crippen molar-refractivity contribution in [2.45, 2.75) is 12.6 Å². The molecule has 2 nitrogen and oxygen atoms in total. The molecule has 0 aromatic heterocycles. The fourth-order valence-corrected chi connectivity index (χ4v) is 0.968. The lowest BCUT2D eigenvalue weighted by Gasteiger charge is -2.18. The maximum atomic E-state index is 11.7. The zero-order valence-corrected chi connectivity index (χ0v) is 8.07. The highest BCUT2D eigenvalue weighted by Crippen LogP contribution is 2.15. The highest BCUT2D eigenvalue weighted by Gasteiger charge is 2.30. The van der Waals surface area contributed by atoms with Crippen molar-refractivity contribution < 1.29 is 18.0 Å². The standard InChI is InChI=1S/C6H9BrF3NO/c1-11(4-6(8,9)10)5(12)2-3-7/h2-4H2,1H3. The van der Waals surface area contributed by atoms with Crippen molar-refractivity contribution >= 4 is 21.8 Å². The number of nitrogens with zero attached hydrogens (tertiary/aromatic N) is 1. The van der Waals surface area contributed by atoms with Crippen LogP contribution in [-0.2, 0) is 4.79 Å². The van der Waals surface area contributed by atoms with Gasteiger partial charge in [-0.25, -0.2) is 0 Å². The summed E-state index contributed by atoms with van der Waals surface area (Å²) >= 11 is 2.97. The van der Waals surface area contributed by atoms with Crippen LogP contribution in [0.1, 0.15) is 6.42 Å². The minimum absolute atomic E-state index is 0.0899. The smallest absolute Gasteiger partial charge is 0.337 e. The average molecular weight is 248 g/mol. The fraction of sp³-hybridized carbons (Fsp3) is 0.833. The molecule has 1 amide bonds. The van der Waals surface area contributed by atoms with E-state index in [-0.39, 0.29) is 6.42 Å². The van der Waals surface area contributed by atoms with E-state index in [2.05, 4.69) is 15.9 Å². The molecular weight excluding hydrogens is 239 g/mol. The van der Waals surface area contributed by atoms with Crippen LogP contribution in [0.25, 0.3) is 0 Å². The molecule has 0 aromatic rings. The molecule has 0 radical (unpaired) electrons. The van der Waals surface area contributed by atoms with Crippen LogP contribution in [0.2, 0.25) is 0 Å². The molecule has 0 fully saturated rings. The van der Waals surface area contributed by atoms with E-state index < -0.39 is 18.6 Å². The van der Waals surface area contributed by atoms with E-state index in [0.29, 0.717) is 10.2 Å². The van der Waals surface area contributed by atoms with E-state index >= 15 is 0 Å². The Morgan fingerprint density at radius 3 is 2.33 bits per heavy atom. The number of rotatable bonds is 3. The number of halogens is 4. The largest absolute Gasteiger partial charge is 0.406 e. The molecular formula is C6H9BrF3NO. The van der Waals surface area contributed by atoms with E-state index in [1.165, 1.54) is 0 Å². The van der Waals surface area contributed by atoms with Gasteiger partial charge in [-0.3, -0.25) is 4.79 Å². The Balaban J connectivity index is 3.87. The van der Waals surface area contributed by atoms with Gasteiger partial charge in [0.05, 0.1) is 0 Å². The summed E-state index contributed by atoms with van der Waals surface area (Å²) in [7, 11) is 1.14. The third kappa shape index (κ3) is 5.40. The predicted octanol–water partition coefficient (Wildman–Crippen LogP) is 1.79. The van der Waals surface area contributed by atoms with Gasteiger partial charge in [0.15, 0.2) is 0 Å². The molecule has 0 spiro atoms. The molecule has 0 aliphatic heterocycles. The quantitative estimate of drug-likeness (QED) is 0.697. The highest BCUT2D eigenvalue weighted by molar-refractivity contribution is 9.09. The van der Waals surface area contributed by atoms with Gasteiger partial charge >= 0.3 is 6.18 Å². The summed E-state index contributed by atoms with van der Waals surface area (Å²) in [6.07, 6.45) is -4.22. The number of carbonyl (C=O) groups excluding carboxylic acids is 1. The number of carbonyl (C=O) groups is 1. The average Bonchev–Trinajstić information content (AvgIpc) is 1.84. The van der Waals surface area contributed by atoms with Crippen molar-refractivity contribution in [2.75, 3.05) is 18.9 Å². The van der Waals surface area contributed by atoms with Gasteiger partial charge in [0, 0.05) is 18.8 Å². The highest BCUT2D eigenvalue weighted by atomic mass is 79.9. The second kappa shape index (κ2) is 4.69. The molecule has 0 aliphatic rings. The minimum atomic E-state index is -4.31. The lowest BCUT2D eigenvalue weighted by molar-refractivity contribution is -0.158. The summed E-state index contributed by atoms with van der Waals surface area (Å²) in [6.45, 7) is -1.18. The van der Waals surface area contributed by atoms with Crippen LogP contribution in [-0.4, -0.2) is 35.9 Å². The number of alkyl halides is 4. The minimum Gasteiger partial charge on any atom is -0.337 e. The molecule has 6 heteroatoms. The molecule has 0 aliphatic carbocycles. The van der Waals surface area contributed by atoms with Crippen LogP contribution in [0.15, 0.2) is 0 Å². The predicted molar refractivity (Wildman–Crippen MR) is 42.1 cm³/mol. The monoisotopic (exact) mass is 247 g/mol. The van der Waals surface area contributed by atoms with E-state index in [0.717, 1.165) is 7.05 Å². The van der Waals surface area contributed by atoms with Crippen molar-refractivity contribution in [1.29, 1.82) is 0 Å². The topological polar surface area (TPSA) is 20.3 Å². The van der Waals surface area contributed by atoms with Gasteiger partial charge in [0.25, 0.3) is 0 Å². The Bertz CT molecular complexity index is 159. The third-order valence-corrected chi connectivity index (χ3v) is 1.55. The van der Waals surface area contributed by atoms with Crippen molar-refractivity contribution in [3.63, 3.8) is 0 Å². The first-order valence-electron chi connectivity index (χ1n) is 3.23. The zero-order valence-electron chi connectivity index (χ0n) is 6.49. The molecule has 72 valence electrons. The van der Waals surface area contributed by atoms with E-state index in [9.17, 15) is 18.0 Å². The molecule has 0 unspecified atom stereocenters. The summed E-state index contributed by atoms with van der Waals surface area (Å²) in [5.41, 5.74) is 0. The van der Waals surface area contributed by atoms with E-state index in [4.69, 9.17) is 0 Å². The van der Waals surface area contributed by atoms with Gasteiger partial charge < -0.3 is 4.90 Å². The van der Waals surface area contributed by atoms with Crippen molar-refractivity contribution in [1.82, 2.24) is 4.90 Å². The maximum Gasteiger partial charge on any atom is 0.406 e. The van der Waals surface area contributed by atoms with Gasteiger partial charge in [-0.05, 0) is 0 Å². The van der Waals surface area contributed by atoms with Crippen LogP contribution in [0.3, 0.4) is 0 Å². The summed E-state index contributed by atoms with van der Waals surface area (Å²) < 4.78 is 35.1. The van der Waals surface area contributed by atoms with Gasteiger partial charge in [-0.2, -0.15) is 13.2 Å². The summed E-state index contributed by atoms with van der Waals surface area (Å²) in [6, 6.07) is 0. The first kappa shape index (κ1) is 11.7. The zero-order chi connectivity index (χ0) is 9.78. The molecule has 0 atom stereocenters. The van der Waals surface area contributed by atoms with Crippen LogP contribution < -0.4 is 0 Å². The fourth-order valence-electron chi connectivity index (χ4n) is 0.629. The van der Waals surface area contributed by atoms with Gasteiger partial charge in [-0.15, -0.1) is 0 Å². The molecule has 0 rings (SSSR count). The maximum absolute atomic E-state index is 11.7. The van der Waals surface area contributed by atoms with Crippen molar-refractivity contribution in [2.24, 2.45) is 0 Å². The molecule has 0 N–H and O–H groups in total. The lowest BCUT2D eigenvalue weighted by Crippen LogP contribution is -2.35. The third-order valence-electron chi connectivity index (χ3n) is 1.15. The summed E-state index contributed by atoms with van der Waals surface area (Å²) in [5, 5.41) is 0.383. The van der Waals surface area contributed by atoms with Gasteiger partial charge in [0.1, 0.15) is 6.54 Å². The van der Waals surface area contributed by atoms with Crippen LogP contribution in [0.4, 0.5) is 13.2 Å².